The minimum absolute atomic E-state index is 0.0535. The van der Waals surface area contributed by atoms with Crippen molar-refractivity contribution in [1.29, 1.82) is 0 Å². The second-order valence-corrected chi connectivity index (χ2v) is 3.32. The van der Waals surface area contributed by atoms with Crippen molar-refractivity contribution < 1.29 is 0 Å². The van der Waals surface area contributed by atoms with Crippen LogP contribution in [-0.4, -0.2) is 22.1 Å². The van der Waals surface area contributed by atoms with Gasteiger partial charge in [0, 0.05) is 0 Å². The zero-order valence-corrected chi connectivity index (χ0v) is 8.77. The number of nitrogens with one attached hydrogen (secondary N) is 2. The lowest BCUT2D eigenvalue weighted by atomic mass is 10.2. The van der Waals surface area contributed by atoms with Crippen molar-refractivity contribution in [2.75, 3.05) is 0 Å². The van der Waals surface area contributed by atoms with Crippen LogP contribution in [0.2, 0.25) is 0 Å². The lowest BCUT2D eigenvalue weighted by Crippen LogP contribution is -2.26. The summed E-state index contributed by atoms with van der Waals surface area (Å²) < 4.78 is 0. The van der Waals surface area contributed by atoms with Gasteiger partial charge in [-0.05, 0) is 18.2 Å². The van der Waals surface area contributed by atoms with Crippen molar-refractivity contribution >= 4 is 28.5 Å². The Kier molecular flexibility index (Phi) is 2.53. The largest absolute Gasteiger partial charge is 0.370 e. The smallest absolute Gasteiger partial charge is 0.271 e. The summed E-state index contributed by atoms with van der Waals surface area (Å²) in [6, 6.07) is 4.93. The number of nitrogens with two attached hydrogens (primary N) is 3. The van der Waals surface area contributed by atoms with E-state index in [2.05, 4.69) is 20.2 Å². The third kappa shape index (κ3) is 2.25. The second kappa shape index (κ2) is 4.00. The molecule has 1 heterocycles. The summed E-state index contributed by atoms with van der Waals surface area (Å²) in [7, 11) is 0. The first-order valence-corrected chi connectivity index (χ1v) is 4.70. The quantitative estimate of drug-likeness (QED) is 0.319. The van der Waals surface area contributed by atoms with Crippen molar-refractivity contribution in [3.63, 3.8) is 0 Å². The molecule has 0 atom stereocenters. The molecule has 1 aromatic heterocycles. The fourth-order valence-electron chi connectivity index (χ4n) is 1.38. The molecule has 17 heavy (non-hydrogen) atoms. The van der Waals surface area contributed by atoms with Gasteiger partial charge in [-0.3, -0.25) is 15.0 Å². The number of fused-ring (bicyclic) bond motifs is 1. The molecular weight excluding hydrogens is 222 g/mol. The van der Waals surface area contributed by atoms with Crippen LogP contribution < -0.4 is 22.8 Å². The SMILES string of the molecule is NC(N)=NC(N)=Nc1ccc2c(=O)[nH][nH]c2c1. The fraction of sp³-hybridized carbons (Fsp3) is 0. The first-order chi connectivity index (χ1) is 8.06. The number of hydrogen-bond donors (Lipinski definition) is 5. The lowest BCUT2D eigenvalue weighted by Gasteiger charge is -1.96. The Labute approximate surface area is 95.2 Å². The van der Waals surface area contributed by atoms with Gasteiger partial charge >= 0.3 is 0 Å². The molecule has 8 nitrogen and oxygen atoms in total. The minimum Gasteiger partial charge on any atom is -0.370 e. The average Bonchev–Trinajstić information content (AvgIpc) is 2.58. The summed E-state index contributed by atoms with van der Waals surface area (Å²) in [6.45, 7) is 0. The van der Waals surface area contributed by atoms with Crippen LogP contribution in [0.5, 0.6) is 0 Å². The van der Waals surface area contributed by atoms with Gasteiger partial charge in [-0.1, -0.05) is 0 Å². The molecule has 0 aliphatic rings. The third-order valence-corrected chi connectivity index (χ3v) is 2.05. The van der Waals surface area contributed by atoms with Crippen LogP contribution in [0, 0.1) is 0 Å². The summed E-state index contributed by atoms with van der Waals surface area (Å²) in [6.07, 6.45) is 0. The summed E-state index contributed by atoms with van der Waals surface area (Å²) in [4.78, 5) is 18.8. The number of aliphatic imine (C=N–C) groups is 2. The van der Waals surface area contributed by atoms with Gasteiger partial charge < -0.3 is 17.2 Å². The monoisotopic (exact) mass is 233 g/mol. The van der Waals surface area contributed by atoms with Gasteiger partial charge in [-0.2, -0.15) is 4.99 Å². The van der Waals surface area contributed by atoms with E-state index in [0.717, 1.165) is 0 Å². The zero-order chi connectivity index (χ0) is 12.4. The number of hydrogen-bond acceptors (Lipinski definition) is 2. The molecule has 0 aliphatic carbocycles. The van der Waals surface area contributed by atoms with Crippen LogP contribution in [0.4, 0.5) is 5.69 Å². The Hall–Kier alpha value is -2.77. The predicted molar refractivity (Wildman–Crippen MR) is 66.0 cm³/mol. The molecule has 88 valence electrons. The molecule has 0 bridgehead atoms. The van der Waals surface area contributed by atoms with E-state index < -0.39 is 0 Å². The number of guanidine groups is 2. The van der Waals surface area contributed by atoms with Crippen molar-refractivity contribution in [3.8, 4) is 0 Å². The van der Waals surface area contributed by atoms with Crippen LogP contribution in [0.25, 0.3) is 10.9 Å². The Morgan fingerprint density at radius 3 is 2.65 bits per heavy atom. The van der Waals surface area contributed by atoms with Crippen LogP contribution in [-0.2, 0) is 0 Å². The maximum atomic E-state index is 11.3. The maximum Gasteiger partial charge on any atom is 0.271 e. The van der Waals surface area contributed by atoms with Gasteiger partial charge in [0.2, 0.25) is 5.96 Å². The molecule has 0 spiro atoms. The minimum atomic E-state index is -0.187. The summed E-state index contributed by atoms with van der Waals surface area (Å²) >= 11 is 0. The van der Waals surface area contributed by atoms with E-state index in [9.17, 15) is 4.79 Å². The molecule has 0 saturated heterocycles. The number of aromatic nitrogens is 2. The first kappa shape index (κ1) is 10.7. The van der Waals surface area contributed by atoms with E-state index in [1.807, 2.05) is 0 Å². The van der Waals surface area contributed by atoms with Gasteiger partial charge in [0.15, 0.2) is 5.96 Å². The average molecular weight is 233 g/mol. The molecule has 1 aromatic carbocycles. The number of nitrogens with zero attached hydrogens (tertiary/aromatic N) is 2. The van der Waals surface area contributed by atoms with E-state index in [4.69, 9.17) is 17.2 Å². The molecule has 2 aromatic rings. The Morgan fingerprint density at radius 2 is 1.94 bits per heavy atom. The standard InChI is InChI=1S/C9H11N7O/c10-8(11)14-9(12)13-4-1-2-5-6(3-4)15-16-7(5)17/h1-3H,(H2,15,16,17)(H6,10,11,12,13,14). The van der Waals surface area contributed by atoms with Crippen LogP contribution in [0.1, 0.15) is 0 Å². The fourth-order valence-corrected chi connectivity index (χ4v) is 1.38. The molecule has 0 radical (unpaired) electrons. The zero-order valence-electron chi connectivity index (χ0n) is 8.77. The molecular formula is C9H11N7O. The van der Waals surface area contributed by atoms with E-state index in [1.54, 1.807) is 18.2 Å². The second-order valence-electron chi connectivity index (χ2n) is 3.32. The summed E-state index contributed by atoms with van der Waals surface area (Å²) in [5, 5.41) is 5.72. The Balaban J connectivity index is 2.44. The Bertz CT molecular complexity index is 659. The highest BCUT2D eigenvalue weighted by Crippen LogP contribution is 2.16. The molecule has 2 rings (SSSR count). The normalized spacial score (nSPS) is 11.6. The van der Waals surface area contributed by atoms with Crippen LogP contribution >= 0.6 is 0 Å². The highest BCUT2D eigenvalue weighted by atomic mass is 16.1. The van der Waals surface area contributed by atoms with Gasteiger partial charge in [0.25, 0.3) is 5.56 Å². The van der Waals surface area contributed by atoms with Gasteiger partial charge in [-0.15, -0.1) is 0 Å². The maximum absolute atomic E-state index is 11.3. The number of benzene rings is 1. The first-order valence-electron chi connectivity index (χ1n) is 4.70. The van der Waals surface area contributed by atoms with E-state index in [0.29, 0.717) is 16.6 Å². The predicted octanol–water partition coefficient (Wildman–Crippen LogP) is -0.924. The number of H-pyrrole nitrogens is 2. The highest BCUT2D eigenvalue weighted by Gasteiger charge is 2.01. The lowest BCUT2D eigenvalue weighted by molar-refractivity contribution is 1.08. The van der Waals surface area contributed by atoms with E-state index in [-0.39, 0.29) is 17.5 Å². The third-order valence-electron chi connectivity index (χ3n) is 2.05. The van der Waals surface area contributed by atoms with Gasteiger partial charge in [0.1, 0.15) is 0 Å². The van der Waals surface area contributed by atoms with Gasteiger partial charge in [-0.25, -0.2) is 4.99 Å². The molecule has 0 amide bonds. The topological polar surface area (TPSA) is 151 Å². The molecule has 8 heteroatoms. The van der Waals surface area contributed by atoms with Crippen molar-refractivity contribution in [1.82, 2.24) is 10.2 Å². The van der Waals surface area contributed by atoms with Gasteiger partial charge in [0.05, 0.1) is 16.6 Å². The number of aromatic amines is 2. The van der Waals surface area contributed by atoms with Crippen molar-refractivity contribution in [3.05, 3.63) is 28.6 Å². The van der Waals surface area contributed by atoms with Crippen LogP contribution in [0.15, 0.2) is 33.0 Å². The molecule has 0 saturated carbocycles. The van der Waals surface area contributed by atoms with E-state index in [1.165, 1.54) is 0 Å². The molecule has 8 N–H and O–H groups in total. The molecule has 0 fully saturated rings. The van der Waals surface area contributed by atoms with Crippen LogP contribution in [0.3, 0.4) is 0 Å². The molecule has 0 aliphatic heterocycles. The van der Waals surface area contributed by atoms with Crippen molar-refractivity contribution in [2.24, 2.45) is 27.2 Å². The summed E-state index contributed by atoms with van der Waals surface area (Å²) in [5.74, 6) is -0.218. The molecule has 0 unspecified atom stereocenters. The van der Waals surface area contributed by atoms with E-state index >= 15 is 0 Å². The Morgan fingerprint density at radius 1 is 1.18 bits per heavy atom. The number of rotatable bonds is 1. The van der Waals surface area contributed by atoms with Crippen molar-refractivity contribution in [2.45, 2.75) is 0 Å². The summed E-state index contributed by atoms with van der Waals surface area (Å²) in [5.41, 5.74) is 16.8. The highest BCUT2D eigenvalue weighted by molar-refractivity contribution is 5.94.